The average Bonchev–Trinajstić information content (AvgIpc) is 3.22. The summed E-state index contributed by atoms with van der Waals surface area (Å²) in [7, 11) is 0. The Bertz CT molecular complexity index is 727. The van der Waals surface area contributed by atoms with Gasteiger partial charge in [0.1, 0.15) is 11.4 Å². The van der Waals surface area contributed by atoms with Crippen LogP contribution in [0.3, 0.4) is 0 Å². The third-order valence-corrected chi connectivity index (χ3v) is 5.60. The van der Waals surface area contributed by atoms with Crippen molar-refractivity contribution in [3.63, 3.8) is 0 Å². The monoisotopic (exact) mass is 358 g/mol. The Morgan fingerprint density at radius 2 is 2.31 bits per heavy atom. The van der Waals surface area contributed by atoms with Gasteiger partial charge in [0.15, 0.2) is 0 Å². The van der Waals surface area contributed by atoms with Crippen LogP contribution in [0.1, 0.15) is 56.1 Å². The summed E-state index contributed by atoms with van der Waals surface area (Å²) in [6.07, 6.45) is 4.53. The van der Waals surface area contributed by atoms with E-state index in [0.29, 0.717) is 25.4 Å². The lowest BCUT2D eigenvalue weighted by molar-refractivity contribution is -0.150. The van der Waals surface area contributed by atoms with Gasteiger partial charge in [-0.05, 0) is 26.8 Å². The largest absolute Gasteiger partial charge is 0.459 e. The lowest BCUT2D eigenvalue weighted by Gasteiger charge is -2.29. The molecule has 26 heavy (non-hydrogen) atoms. The van der Waals surface area contributed by atoms with Gasteiger partial charge in [0.05, 0.1) is 11.6 Å². The van der Waals surface area contributed by atoms with E-state index < -0.39 is 5.60 Å². The standard InChI is InChI=1S/C19H26N4O3/c1-19(2)8-13(18(25)26-19)7-16(24)23-6-4-15-14(11-23)10-21-17(22-15)12-3-5-20-9-12/h10,12-13,20H,3-9,11H2,1-2H3/t12-,13-/m0/s1. The van der Waals surface area contributed by atoms with Gasteiger partial charge in [-0.25, -0.2) is 9.97 Å². The normalized spacial score (nSPS) is 27.3. The lowest BCUT2D eigenvalue weighted by atomic mass is 9.94. The Kier molecular flexibility index (Phi) is 4.42. The Balaban J connectivity index is 1.40. The highest BCUT2D eigenvalue weighted by molar-refractivity contribution is 5.84. The van der Waals surface area contributed by atoms with Crippen LogP contribution in [-0.2, 0) is 27.3 Å². The van der Waals surface area contributed by atoms with E-state index in [0.717, 1.165) is 43.0 Å². The molecule has 2 saturated heterocycles. The molecule has 0 unspecified atom stereocenters. The van der Waals surface area contributed by atoms with Crippen LogP contribution in [0.5, 0.6) is 0 Å². The highest BCUT2D eigenvalue weighted by Crippen LogP contribution is 2.33. The van der Waals surface area contributed by atoms with Gasteiger partial charge in [0.25, 0.3) is 0 Å². The minimum absolute atomic E-state index is 0.0133. The van der Waals surface area contributed by atoms with Crippen LogP contribution >= 0.6 is 0 Å². The summed E-state index contributed by atoms with van der Waals surface area (Å²) in [6, 6.07) is 0. The molecule has 4 heterocycles. The zero-order chi connectivity index (χ0) is 18.3. The number of cyclic esters (lactones) is 1. The summed E-state index contributed by atoms with van der Waals surface area (Å²) < 4.78 is 5.33. The van der Waals surface area contributed by atoms with Crippen LogP contribution in [0, 0.1) is 5.92 Å². The number of aromatic nitrogens is 2. The topological polar surface area (TPSA) is 84.4 Å². The van der Waals surface area contributed by atoms with Gasteiger partial charge in [-0.3, -0.25) is 9.59 Å². The van der Waals surface area contributed by atoms with Gasteiger partial charge >= 0.3 is 5.97 Å². The molecular formula is C19H26N4O3. The maximum absolute atomic E-state index is 12.7. The predicted octanol–water partition coefficient (Wildman–Crippen LogP) is 1.17. The highest BCUT2D eigenvalue weighted by Gasteiger charge is 2.41. The fourth-order valence-corrected chi connectivity index (χ4v) is 4.19. The van der Waals surface area contributed by atoms with Gasteiger partial charge in [-0.1, -0.05) is 0 Å². The van der Waals surface area contributed by atoms with Crippen molar-refractivity contribution in [3.8, 4) is 0 Å². The molecule has 3 aliphatic heterocycles. The molecule has 7 heteroatoms. The van der Waals surface area contributed by atoms with Crippen molar-refractivity contribution < 1.29 is 14.3 Å². The average molecular weight is 358 g/mol. The number of hydrogen-bond donors (Lipinski definition) is 1. The summed E-state index contributed by atoms with van der Waals surface area (Å²) >= 11 is 0. The molecule has 3 aliphatic rings. The summed E-state index contributed by atoms with van der Waals surface area (Å²) in [4.78, 5) is 35.7. The third kappa shape index (κ3) is 3.45. The molecule has 1 aromatic heterocycles. The molecular weight excluding hydrogens is 332 g/mol. The summed E-state index contributed by atoms with van der Waals surface area (Å²) in [5.41, 5.74) is 1.62. The van der Waals surface area contributed by atoms with Crippen LogP contribution in [0.4, 0.5) is 0 Å². The first-order chi connectivity index (χ1) is 12.4. The molecule has 0 spiro atoms. The van der Waals surface area contributed by atoms with Gasteiger partial charge in [0.2, 0.25) is 5.91 Å². The van der Waals surface area contributed by atoms with Crippen molar-refractivity contribution in [2.75, 3.05) is 19.6 Å². The number of fused-ring (bicyclic) bond motifs is 1. The van der Waals surface area contributed by atoms with Crippen molar-refractivity contribution in [1.82, 2.24) is 20.2 Å². The van der Waals surface area contributed by atoms with Crippen molar-refractivity contribution >= 4 is 11.9 Å². The van der Waals surface area contributed by atoms with E-state index in [1.807, 2.05) is 24.9 Å². The second-order valence-electron chi connectivity index (χ2n) is 8.24. The molecule has 4 rings (SSSR count). The Labute approximate surface area is 153 Å². The molecule has 1 aromatic rings. The zero-order valence-electron chi connectivity index (χ0n) is 15.5. The first-order valence-corrected chi connectivity index (χ1v) is 9.47. The van der Waals surface area contributed by atoms with Gasteiger partial charge in [-0.15, -0.1) is 0 Å². The SMILES string of the molecule is CC1(C)C[C@H](CC(=O)N2CCc3nc([C@H]4CCNC4)ncc3C2)C(=O)O1. The number of ether oxygens (including phenoxy) is 1. The molecule has 0 aliphatic carbocycles. The molecule has 1 N–H and O–H groups in total. The fourth-order valence-electron chi connectivity index (χ4n) is 4.19. The molecule has 140 valence electrons. The van der Waals surface area contributed by atoms with Crippen LogP contribution in [0.25, 0.3) is 0 Å². The van der Waals surface area contributed by atoms with Crippen LogP contribution in [-0.4, -0.2) is 52.0 Å². The van der Waals surface area contributed by atoms with E-state index in [2.05, 4.69) is 10.3 Å². The summed E-state index contributed by atoms with van der Waals surface area (Å²) in [5, 5.41) is 3.35. The molecule has 7 nitrogen and oxygen atoms in total. The van der Waals surface area contributed by atoms with Crippen LogP contribution in [0.15, 0.2) is 6.20 Å². The van der Waals surface area contributed by atoms with Crippen LogP contribution < -0.4 is 5.32 Å². The quantitative estimate of drug-likeness (QED) is 0.817. The number of carbonyl (C=O) groups excluding carboxylic acids is 2. The van der Waals surface area contributed by atoms with E-state index in [9.17, 15) is 9.59 Å². The van der Waals surface area contributed by atoms with Gasteiger partial charge in [0, 0.05) is 56.6 Å². The molecule has 0 radical (unpaired) electrons. The molecule has 1 amide bonds. The molecule has 0 aromatic carbocycles. The smallest absolute Gasteiger partial charge is 0.310 e. The maximum atomic E-state index is 12.7. The Morgan fingerprint density at radius 3 is 3.00 bits per heavy atom. The molecule has 2 fully saturated rings. The van der Waals surface area contributed by atoms with E-state index >= 15 is 0 Å². The number of esters is 1. The van der Waals surface area contributed by atoms with Crippen molar-refractivity contribution in [3.05, 3.63) is 23.3 Å². The number of carbonyl (C=O) groups is 2. The number of nitrogens with one attached hydrogen (secondary N) is 1. The van der Waals surface area contributed by atoms with E-state index in [-0.39, 0.29) is 24.2 Å². The van der Waals surface area contributed by atoms with Gasteiger partial charge in [-0.2, -0.15) is 0 Å². The van der Waals surface area contributed by atoms with Crippen molar-refractivity contribution in [2.45, 2.75) is 57.6 Å². The van der Waals surface area contributed by atoms with E-state index in [4.69, 9.17) is 9.72 Å². The lowest BCUT2D eigenvalue weighted by Crippen LogP contribution is -2.38. The van der Waals surface area contributed by atoms with Crippen molar-refractivity contribution in [1.29, 1.82) is 0 Å². The first-order valence-electron chi connectivity index (χ1n) is 9.47. The Morgan fingerprint density at radius 1 is 1.46 bits per heavy atom. The number of nitrogens with zero attached hydrogens (tertiary/aromatic N) is 3. The van der Waals surface area contributed by atoms with Crippen molar-refractivity contribution in [2.24, 2.45) is 5.92 Å². The van der Waals surface area contributed by atoms with E-state index in [1.54, 1.807) is 0 Å². The maximum Gasteiger partial charge on any atom is 0.310 e. The molecule has 2 atom stereocenters. The second kappa shape index (κ2) is 6.61. The third-order valence-electron chi connectivity index (χ3n) is 5.60. The fraction of sp³-hybridized carbons (Fsp3) is 0.684. The number of rotatable bonds is 3. The minimum atomic E-state index is -0.462. The highest BCUT2D eigenvalue weighted by atomic mass is 16.6. The van der Waals surface area contributed by atoms with Gasteiger partial charge < -0.3 is 15.0 Å². The van der Waals surface area contributed by atoms with E-state index in [1.165, 1.54) is 0 Å². The molecule has 0 bridgehead atoms. The predicted molar refractivity (Wildman–Crippen MR) is 94.3 cm³/mol. The van der Waals surface area contributed by atoms with Crippen LogP contribution in [0.2, 0.25) is 0 Å². The molecule has 0 saturated carbocycles. The first kappa shape index (κ1) is 17.4. The Hall–Kier alpha value is -2.02. The second-order valence-corrected chi connectivity index (χ2v) is 8.24. The minimum Gasteiger partial charge on any atom is -0.459 e. The zero-order valence-corrected chi connectivity index (χ0v) is 15.5. The summed E-state index contributed by atoms with van der Waals surface area (Å²) in [5.74, 6) is 0.756. The number of hydrogen-bond acceptors (Lipinski definition) is 6. The number of amides is 1. The summed E-state index contributed by atoms with van der Waals surface area (Å²) in [6.45, 7) is 6.92.